The zero-order valence-corrected chi connectivity index (χ0v) is 6.37. The minimum atomic E-state index is -0.520. The Morgan fingerprint density at radius 1 is 1.58 bits per heavy atom. The van der Waals surface area contributed by atoms with Gasteiger partial charge in [-0.15, -0.1) is 0 Å². The second-order valence-corrected chi connectivity index (χ2v) is 2.01. The van der Waals surface area contributed by atoms with Gasteiger partial charge < -0.3 is 16.2 Å². The summed E-state index contributed by atoms with van der Waals surface area (Å²) in [5.74, 6) is -0.622. The van der Waals surface area contributed by atoms with Crippen LogP contribution in [0.2, 0.25) is 0 Å². The van der Waals surface area contributed by atoms with Crippen molar-refractivity contribution in [3.05, 3.63) is 6.20 Å². The average Bonchev–Trinajstić information content (AvgIpc) is 1.96. The third-order valence-corrected chi connectivity index (χ3v) is 0.978. The van der Waals surface area contributed by atoms with Crippen LogP contribution in [0.15, 0.2) is 0 Å². The van der Waals surface area contributed by atoms with Crippen LogP contribution in [-0.4, -0.2) is 15.9 Å². The summed E-state index contributed by atoms with van der Waals surface area (Å²) in [6.45, 7) is 1.23. The van der Waals surface area contributed by atoms with Gasteiger partial charge in [0.05, 0.1) is 0 Å². The van der Waals surface area contributed by atoms with Gasteiger partial charge in [-0.3, -0.25) is 4.79 Å². The SMILES string of the molecule is CC(=O)Oc1nc(N)n[c]c1N. The fraction of sp³-hybridized carbons (Fsp3) is 0.167. The van der Waals surface area contributed by atoms with Crippen LogP contribution < -0.4 is 16.2 Å². The molecule has 0 spiro atoms. The number of hydrogen-bond acceptors (Lipinski definition) is 6. The van der Waals surface area contributed by atoms with Gasteiger partial charge >= 0.3 is 5.97 Å². The third-order valence-electron chi connectivity index (χ3n) is 0.978. The number of rotatable bonds is 1. The monoisotopic (exact) mass is 167 g/mol. The summed E-state index contributed by atoms with van der Waals surface area (Å²) in [6, 6.07) is 0. The van der Waals surface area contributed by atoms with E-state index in [2.05, 4.69) is 20.9 Å². The van der Waals surface area contributed by atoms with Crippen LogP contribution in [0.25, 0.3) is 0 Å². The van der Waals surface area contributed by atoms with Gasteiger partial charge in [0.2, 0.25) is 5.95 Å². The molecule has 0 aromatic carbocycles. The van der Waals surface area contributed by atoms with Crippen LogP contribution in [-0.2, 0) is 4.79 Å². The van der Waals surface area contributed by atoms with E-state index in [0.717, 1.165) is 0 Å². The Balaban J connectivity index is 2.97. The number of aromatic nitrogens is 2. The Morgan fingerprint density at radius 3 is 2.83 bits per heavy atom. The molecule has 6 nitrogen and oxygen atoms in total. The number of carbonyl (C=O) groups is 1. The van der Waals surface area contributed by atoms with Gasteiger partial charge in [0.1, 0.15) is 11.9 Å². The topological polar surface area (TPSA) is 104 Å². The summed E-state index contributed by atoms with van der Waals surface area (Å²) >= 11 is 0. The first-order chi connectivity index (χ1) is 5.59. The second-order valence-electron chi connectivity index (χ2n) is 2.01. The summed E-state index contributed by atoms with van der Waals surface area (Å²) in [4.78, 5) is 17.5. The van der Waals surface area contributed by atoms with Crippen molar-refractivity contribution in [2.75, 3.05) is 11.5 Å². The molecule has 0 aliphatic heterocycles. The molecule has 0 fully saturated rings. The Bertz CT molecular complexity index is 312. The van der Waals surface area contributed by atoms with Gasteiger partial charge in [-0.1, -0.05) is 0 Å². The highest BCUT2D eigenvalue weighted by Gasteiger charge is 2.06. The maximum atomic E-state index is 10.5. The quantitative estimate of drug-likeness (QED) is 0.539. The molecular weight excluding hydrogens is 160 g/mol. The largest absolute Gasteiger partial charge is 0.405 e. The lowest BCUT2D eigenvalue weighted by atomic mass is 10.5. The second kappa shape index (κ2) is 3.04. The number of nitrogens with zero attached hydrogens (tertiary/aromatic N) is 2. The smallest absolute Gasteiger partial charge is 0.309 e. The van der Waals surface area contributed by atoms with Gasteiger partial charge in [-0.05, 0) is 0 Å². The first-order valence-electron chi connectivity index (χ1n) is 3.08. The third kappa shape index (κ3) is 1.82. The molecule has 0 saturated carbocycles. The predicted octanol–water partition coefficient (Wildman–Crippen LogP) is -0.634. The highest BCUT2D eigenvalue weighted by Crippen LogP contribution is 2.16. The van der Waals surface area contributed by atoms with Crippen molar-refractivity contribution in [2.45, 2.75) is 6.92 Å². The van der Waals surface area contributed by atoms with Crippen molar-refractivity contribution in [1.29, 1.82) is 0 Å². The van der Waals surface area contributed by atoms with Crippen molar-refractivity contribution in [3.8, 4) is 5.88 Å². The van der Waals surface area contributed by atoms with Crippen LogP contribution in [0.1, 0.15) is 6.92 Å². The summed E-state index contributed by atoms with van der Waals surface area (Å²) in [6.07, 6.45) is 2.34. The molecule has 12 heavy (non-hydrogen) atoms. The summed E-state index contributed by atoms with van der Waals surface area (Å²) < 4.78 is 4.60. The number of nitrogen functional groups attached to an aromatic ring is 2. The maximum Gasteiger partial charge on any atom is 0.309 e. The van der Waals surface area contributed by atoms with E-state index in [4.69, 9.17) is 11.5 Å². The molecule has 6 heteroatoms. The molecular formula is C6H7N4O2. The number of esters is 1. The maximum absolute atomic E-state index is 10.5. The molecule has 0 aliphatic carbocycles. The highest BCUT2D eigenvalue weighted by atomic mass is 16.5. The first kappa shape index (κ1) is 8.25. The zero-order chi connectivity index (χ0) is 9.14. The minimum Gasteiger partial charge on any atom is -0.405 e. The summed E-state index contributed by atoms with van der Waals surface area (Å²) in [5, 5.41) is 0. The van der Waals surface area contributed by atoms with E-state index in [1.807, 2.05) is 0 Å². The van der Waals surface area contributed by atoms with E-state index in [1.54, 1.807) is 0 Å². The molecule has 0 atom stereocenters. The van der Waals surface area contributed by atoms with E-state index in [-0.39, 0.29) is 17.5 Å². The molecule has 0 aliphatic rings. The number of anilines is 2. The number of nitrogens with two attached hydrogens (primary N) is 2. The lowest BCUT2D eigenvalue weighted by Gasteiger charge is -2.02. The molecule has 1 aromatic rings. The van der Waals surface area contributed by atoms with E-state index in [0.29, 0.717) is 0 Å². The first-order valence-corrected chi connectivity index (χ1v) is 3.08. The van der Waals surface area contributed by atoms with Crippen molar-refractivity contribution in [1.82, 2.24) is 9.97 Å². The Hall–Kier alpha value is -1.85. The van der Waals surface area contributed by atoms with E-state index < -0.39 is 5.97 Å². The van der Waals surface area contributed by atoms with Crippen LogP contribution in [0.5, 0.6) is 5.88 Å². The van der Waals surface area contributed by atoms with Gasteiger partial charge in [-0.2, -0.15) is 4.98 Å². The molecule has 4 N–H and O–H groups in total. The van der Waals surface area contributed by atoms with Crippen LogP contribution in [0, 0.1) is 6.20 Å². The van der Waals surface area contributed by atoms with Crippen LogP contribution >= 0.6 is 0 Å². The van der Waals surface area contributed by atoms with Gasteiger partial charge in [0, 0.05) is 6.92 Å². The summed E-state index contributed by atoms with van der Waals surface area (Å²) in [7, 11) is 0. The fourth-order valence-corrected chi connectivity index (χ4v) is 0.569. The number of carbonyl (C=O) groups excluding carboxylic acids is 1. The Morgan fingerprint density at radius 2 is 2.25 bits per heavy atom. The highest BCUT2D eigenvalue weighted by molar-refractivity contribution is 5.70. The molecule has 0 amide bonds. The Kier molecular flexibility index (Phi) is 2.09. The van der Waals surface area contributed by atoms with Gasteiger partial charge in [0.25, 0.3) is 5.88 Å². The lowest BCUT2D eigenvalue weighted by Crippen LogP contribution is -2.08. The molecule has 0 unspecified atom stereocenters. The summed E-state index contributed by atoms with van der Waals surface area (Å²) in [5.41, 5.74) is 10.6. The average molecular weight is 167 g/mol. The normalized spacial score (nSPS) is 9.42. The van der Waals surface area contributed by atoms with Crippen LogP contribution in [0.4, 0.5) is 11.6 Å². The fourth-order valence-electron chi connectivity index (χ4n) is 0.569. The van der Waals surface area contributed by atoms with Gasteiger partial charge in [0.15, 0.2) is 0 Å². The van der Waals surface area contributed by atoms with Gasteiger partial charge in [-0.25, -0.2) is 4.98 Å². The lowest BCUT2D eigenvalue weighted by molar-refractivity contribution is -0.132. The molecule has 1 rings (SSSR count). The molecule has 0 bridgehead atoms. The van der Waals surface area contributed by atoms with E-state index >= 15 is 0 Å². The molecule has 1 heterocycles. The van der Waals surface area contributed by atoms with Crippen molar-refractivity contribution < 1.29 is 9.53 Å². The molecule has 1 aromatic heterocycles. The molecule has 0 saturated heterocycles. The number of hydrogen-bond donors (Lipinski definition) is 2. The predicted molar refractivity (Wildman–Crippen MR) is 41.0 cm³/mol. The van der Waals surface area contributed by atoms with Crippen molar-refractivity contribution in [2.24, 2.45) is 0 Å². The Labute approximate surface area is 68.6 Å². The van der Waals surface area contributed by atoms with Crippen LogP contribution in [0.3, 0.4) is 0 Å². The van der Waals surface area contributed by atoms with Crippen molar-refractivity contribution in [3.63, 3.8) is 0 Å². The van der Waals surface area contributed by atoms with Crippen molar-refractivity contribution >= 4 is 17.6 Å². The molecule has 63 valence electrons. The minimum absolute atomic E-state index is 0.0412. The number of ether oxygens (including phenoxy) is 1. The van der Waals surface area contributed by atoms with E-state index in [1.165, 1.54) is 6.92 Å². The zero-order valence-electron chi connectivity index (χ0n) is 6.37. The standard InChI is InChI=1S/C6H7N4O2/c1-3(11)12-5-4(7)2-9-6(8)10-5/h7H2,1H3,(H2,8,9,10). The molecule has 1 radical (unpaired) electrons. The van der Waals surface area contributed by atoms with E-state index in [9.17, 15) is 4.79 Å².